The fraction of sp³-hybridized carbons (Fsp3) is 0.389. The van der Waals surface area contributed by atoms with E-state index in [4.69, 9.17) is 9.97 Å². The van der Waals surface area contributed by atoms with Gasteiger partial charge in [-0.15, -0.1) is 11.3 Å². The van der Waals surface area contributed by atoms with Crippen molar-refractivity contribution in [3.63, 3.8) is 0 Å². The standard InChI is InChI=1S/C18H18N4O2S2/c23-26(24)9-7-22(8-10-26)17-15-13-4-1-5-14(13)25-18(15)21-16(20-17)12-3-2-6-19-11-12/h2-3,6,11H,1,4-5,7-10H2. The molecule has 2 aliphatic rings. The highest BCUT2D eigenvalue weighted by molar-refractivity contribution is 7.91. The van der Waals surface area contributed by atoms with Crippen molar-refractivity contribution in [3.05, 3.63) is 35.0 Å². The first-order valence-electron chi connectivity index (χ1n) is 8.79. The second-order valence-corrected chi connectivity index (χ2v) is 10.2. The SMILES string of the molecule is O=S1(=O)CCN(c2nc(-c3cccnc3)nc3sc4c(c23)CCC4)CC1. The third-order valence-corrected chi connectivity index (χ3v) is 7.90. The van der Waals surface area contributed by atoms with Crippen LogP contribution in [0.15, 0.2) is 24.5 Å². The summed E-state index contributed by atoms with van der Waals surface area (Å²) in [6.07, 6.45) is 6.84. The predicted molar refractivity (Wildman–Crippen MR) is 104 cm³/mol. The monoisotopic (exact) mass is 386 g/mol. The van der Waals surface area contributed by atoms with Crippen molar-refractivity contribution in [2.45, 2.75) is 19.3 Å². The Morgan fingerprint density at radius 3 is 2.73 bits per heavy atom. The maximum absolute atomic E-state index is 11.9. The van der Waals surface area contributed by atoms with Crippen LogP contribution in [0, 0.1) is 0 Å². The van der Waals surface area contributed by atoms with Crippen LogP contribution in [-0.4, -0.2) is 48.0 Å². The molecule has 1 fully saturated rings. The molecule has 0 atom stereocenters. The van der Waals surface area contributed by atoms with Crippen LogP contribution < -0.4 is 4.90 Å². The molecule has 0 amide bonds. The van der Waals surface area contributed by atoms with Gasteiger partial charge in [-0.05, 0) is 37.0 Å². The number of hydrogen-bond acceptors (Lipinski definition) is 7. The number of hydrogen-bond donors (Lipinski definition) is 0. The normalized spacial score (nSPS) is 19.0. The van der Waals surface area contributed by atoms with E-state index >= 15 is 0 Å². The molecule has 0 radical (unpaired) electrons. The van der Waals surface area contributed by atoms with Gasteiger partial charge in [-0.25, -0.2) is 18.4 Å². The minimum Gasteiger partial charge on any atom is -0.354 e. The zero-order valence-electron chi connectivity index (χ0n) is 14.2. The number of aryl methyl sites for hydroxylation is 2. The van der Waals surface area contributed by atoms with Gasteiger partial charge in [-0.2, -0.15) is 0 Å². The van der Waals surface area contributed by atoms with Crippen molar-refractivity contribution in [2.75, 3.05) is 29.5 Å². The molecule has 0 aromatic carbocycles. The van der Waals surface area contributed by atoms with Crippen LogP contribution in [0.1, 0.15) is 16.9 Å². The molecule has 1 saturated heterocycles. The molecule has 3 aromatic heterocycles. The number of anilines is 1. The van der Waals surface area contributed by atoms with E-state index in [0.717, 1.165) is 34.4 Å². The lowest BCUT2D eigenvalue weighted by atomic mass is 10.1. The number of rotatable bonds is 2. The van der Waals surface area contributed by atoms with E-state index < -0.39 is 9.84 Å². The van der Waals surface area contributed by atoms with Crippen molar-refractivity contribution in [3.8, 4) is 11.4 Å². The quantitative estimate of drug-likeness (QED) is 0.673. The molecule has 3 aromatic rings. The summed E-state index contributed by atoms with van der Waals surface area (Å²) in [6, 6.07) is 3.84. The Morgan fingerprint density at radius 1 is 1.12 bits per heavy atom. The molecule has 0 N–H and O–H groups in total. The molecule has 0 unspecified atom stereocenters. The number of pyridine rings is 1. The van der Waals surface area contributed by atoms with Gasteiger partial charge in [0.2, 0.25) is 0 Å². The summed E-state index contributed by atoms with van der Waals surface area (Å²) in [7, 11) is -2.93. The molecule has 5 rings (SSSR count). The van der Waals surface area contributed by atoms with E-state index in [2.05, 4.69) is 9.88 Å². The first-order chi connectivity index (χ1) is 12.6. The maximum atomic E-state index is 11.9. The van der Waals surface area contributed by atoms with Gasteiger partial charge in [-0.1, -0.05) is 0 Å². The van der Waals surface area contributed by atoms with Gasteiger partial charge in [0.1, 0.15) is 10.6 Å². The summed E-state index contributed by atoms with van der Waals surface area (Å²) in [4.78, 5) is 18.4. The maximum Gasteiger partial charge on any atom is 0.164 e. The molecule has 134 valence electrons. The molecule has 0 bridgehead atoms. The van der Waals surface area contributed by atoms with Gasteiger partial charge < -0.3 is 4.90 Å². The topological polar surface area (TPSA) is 76.1 Å². The Labute approximate surface area is 155 Å². The van der Waals surface area contributed by atoms with Gasteiger partial charge in [0.25, 0.3) is 0 Å². The third kappa shape index (κ3) is 2.68. The number of aromatic nitrogens is 3. The highest BCUT2D eigenvalue weighted by atomic mass is 32.2. The number of thiophene rings is 1. The Balaban J connectivity index is 1.69. The van der Waals surface area contributed by atoms with Crippen molar-refractivity contribution in [1.29, 1.82) is 0 Å². The highest BCUT2D eigenvalue weighted by Gasteiger charge is 2.28. The second-order valence-electron chi connectivity index (χ2n) is 6.79. The van der Waals surface area contributed by atoms with E-state index in [1.54, 1.807) is 23.7 Å². The van der Waals surface area contributed by atoms with Crippen LogP contribution in [0.2, 0.25) is 0 Å². The predicted octanol–water partition coefficient (Wildman–Crippen LogP) is 2.48. The van der Waals surface area contributed by atoms with Crippen molar-refractivity contribution in [2.24, 2.45) is 0 Å². The molecule has 0 saturated carbocycles. The zero-order chi connectivity index (χ0) is 17.7. The highest BCUT2D eigenvalue weighted by Crippen LogP contribution is 2.41. The summed E-state index contributed by atoms with van der Waals surface area (Å²) in [5.74, 6) is 1.93. The van der Waals surface area contributed by atoms with Crippen molar-refractivity contribution >= 4 is 37.2 Å². The smallest absolute Gasteiger partial charge is 0.164 e. The largest absolute Gasteiger partial charge is 0.354 e. The number of fused-ring (bicyclic) bond motifs is 3. The summed E-state index contributed by atoms with van der Waals surface area (Å²) < 4.78 is 23.7. The van der Waals surface area contributed by atoms with Gasteiger partial charge in [0.15, 0.2) is 15.7 Å². The summed E-state index contributed by atoms with van der Waals surface area (Å²) in [5.41, 5.74) is 2.25. The molecule has 4 heterocycles. The lowest BCUT2D eigenvalue weighted by Gasteiger charge is -2.28. The fourth-order valence-corrected chi connectivity index (χ4v) is 6.21. The van der Waals surface area contributed by atoms with Gasteiger partial charge in [0, 0.05) is 35.9 Å². The zero-order valence-corrected chi connectivity index (χ0v) is 15.8. The van der Waals surface area contributed by atoms with Crippen LogP contribution >= 0.6 is 11.3 Å². The van der Waals surface area contributed by atoms with Crippen molar-refractivity contribution in [1.82, 2.24) is 15.0 Å². The Kier molecular flexibility index (Phi) is 3.72. The summed E-state index contributed by atoms with van der Waals surface area (Å²) in [6.45, 7) is 0.983. The molecule has 1 aliphatic carbocycles. The minimum atomic E-state index is -2.93. The van der Waals surface area contributed by atoms with Crippen LogP contribution in [-0.2, 0) is 22.7 Å². The molecular formula is C18H18N4O2S2. The lowest BCUT2D eigenvalue weighted by Crippen LogP contribution is -2.40. The van der Waals surface area contributed by atoms with Crippen LogP contribution in [0.5, 0.6) is 0 Å². The van der Waals surface area contributed by atoms with Gasteiger partial charge in [-0.3, -0.25) is 4.98 Å². The fourth-order valence-electron chi connectivity index (χ4n) is 3.75. The molecule has 0 spiro atoms. The molecular weight excluding hydrogens is 368 g/mol. The summed E-state index contributed by atoms with van der Waals surface area (Å²) in [5, 5.41) is 1.13. The number of sulfone groups is 1. The van der Waals surface area contributed by atoms with Crippen molar-refractivity contribution < 1.29 is 8.42 Å². The van der Waals surface area contributed by atoms with Gasteiger partial charge in [0.05, 0.1) is 16.9 Å². The van der Waals surface area contributed by atoms with Crippen LogP contribution in [0.25, 0.3) is 21.6 Å². The Bertz CT molecular complexity index is 1080. The Hall–Kier alpha value is -2.06. The van der Waals surface area contributed by atoms with E-state index in [1.807, 2.05) is 12.1 Å². The van der Waals surface area contributed by atoms with E-state index in [1.165, 1.54) is 16.9 Å². The van der Waals surface area contributed by atoms with E-state index in [9.17, 15) is 8.42 Å². The second kappa shape index (κ2) is 5.99. The third-order valence-electron chi connectivity index (χ3n) is 5.11. The lowest BCUT2D eigenvalue weighted by molar-refractivity contribution is 0.586. The van der Waals surface area contributed by atoms with Crippen LogP contribution in [0.3, 0.4) is 0 Å². The average Bonchev–Trinajstić information content (AvgIpc) is 3.22. The van der Waals surface area contributed by atoms with Gasteiger partial charge >= 0.3 is 0 Å². The molecule has 8 heteroatoms. The van der Waals surface area contributed by atoms with Crippen LogP contribution in [0.4, 0.5) is 5.82 Å². The average molecular weight is 387 g/mol. The minimum absolute atomic E-state index is 0.188. The Morgan fingerprint density at radius 2 is 1.96 bits per heavy atom. The van der Waals surface area contributed by atoms with E-state index in [-0.39, 0.29) is 11.5 Å². The summed E-state index contributed by atoms with van der Waals surface area (Å²) >= 11 is 1.76. The number of nitrogens with zero attached hydrogens (tertiary/aromatic N) is 4. The molecule has 6 nitrogen and oxygen atoms in total. The molecule has 1 aliphatic heterocycles. The molecule has 26 heavy (non-hydrogen) atoms. The first-order valence-corrected chi connectivity index (χ1v) is 11.4. The van der Waals surface area contributed by atoms with E-state index in [0.29, 0.717) is 18.9 Å². The first kappa shape index (κ1) is 16.1.